The quantitative estimate of drug-likeness (QED) is 0.827. The van der Waals surface area contributed by atoms with Crippen molar-refractivity contribution in [3.8, 4) is 0 Å². The van der Waals surface area contributed by atoms with Crippen molar-refractivity contribution in [3.05, 3.63) is 34.3 Å². The zero-order valence-electron chi connectivity index (χ0n) is 14.4. The number of rotatable bonds is 5. The molecule has 6 heteroatoms. The van der Waals surface area contributed by atoms with Gasteiger partial charge in [0.05, 0.1) is 19.6 Å². The van der Waals surface area contributed by atoms with Crippen molar-refractivity contribution in [2.24, 2.45) is 0 Å². The standard InChI is InChI=1S/C18H24ClNO4/c1-12-4-5-13(15(19)10-12)11-16(21)20-18(17(22)24-3)8-6-14(23-2)7-9-18/h4-5,10,14H,6-9,11H2,1-3H3,(H,20,21). The van der Waals surface area contributed by atoms with Crippen LogP contribution in [0.15, 0.2) is 18.2 Å². The number of methoxy groups -OCH3 is 2. The molecule has 1 aliphatic rings. The van der Waals surface area contributed by atoms with Gasteiger partial charge in [-0.2, -0.15) is 0 Å². The SMILES string of the molecule is COC(=O)C1(NC(=O)Cc2ccc(C)cc2Cl)CCC(OC)CC1. The van der Waals surface area contributed by atoms with Gasteiger partial charge in [-0.3, -0.25) is 4.79 Å². The second-order valence-electron chi connectivity index (χ2n) is 6.33. The molecule has 0 radical (unpaired) electrons. The van der Waals surface area contributed by atoms with Gasteiger partial charge in [0.15, 0.2) is 0 Å². The number of halogens is 1. The van der Waals surface area contributed by atoms with Crippen molar-refractivity contribution in [2.75, 3.05) is 14.2 Å². The second kappa shape index (κ2) is 7.99. The molecule has 24 heavy (non-hydrogen) atoms. The van der Waals surface area contributed by atoms with Gasteiger partial charge in [0, 0.05) is 12.1 Å². The summed E-state index contributed by atoms with van der Waals surface area (Å²) in [6.07, 6.45) is 2.67. The lowest BCUT2D eigenvalue weighted by atomic mass is 9.80. The fourth-order valence-corrected chi connectivity index (χ4v) is 3.48. The van der Waals surface area contributed by atoms with Gasteiger partial charge >= 0.3 is 5.97 Å². The lowest BCUT2D eigenvalue weighted by Crippen LogP contribution is -2.57. The lowest BCUT2D eigenvalue weighted by molar-refractivity contribution is -0.153. The third-order valence-electron chi connectivity index (χ3n) is 4.63. The molecule has 0 aromatic heterocycles. The first-order chi connectivity index (χ1) is 11.4. The Hall–Kier alpha value is -1.59. The number of hydrogen-bond acceptors (Lipinski definition) is 4. The van der Waals surface area contributed by atoms with Crippen LogP contribution in [0.25, 0.3) is 0 Å². The number of carbonyl (C=O) groups excluding carboxylic acids is 2. The number of ether oxygens (including phenoxy) is 2. The molecule has 1 fully saturated rings. The van der Waals surface area contributed by atoms with Crippen LogP contribution in [0.1, 0.15) is 36.8 Å². The van der Waals surface area contributed by atoms with Gasteiger partial charge < -0.3 is 14.8 Å². The van der Waals surface area contributed by atoms with Crippen LogP contribution in [0, 0.1) is 6.92 Å². The minimum absolute atomic E-state index is 0.117. The smallest absolute Gasteiger partial charge is 0.331 e. The van der Waals surface area contributed by atoms with E-state index < -0.39 is 11.5 Å². The minimum Gasteiger partial charge on any atom is -0.467 e. The Bertz CT molecular complexity index is 609. The van der Waals surface area contributed by atoms with E-state index >= 15 is 0 Å². The Morgan fingerprint density at radius 1 is 1.29 bits per heavy atom. The van der Waals surface area contributed by atoms with Gasteiger partial charge in [0.1, 0.15) is 5.54 Å². The molecular weight excluding hydrogens is 330 g/mol. The molecular formula is C18H24ClNO4. The van der Waals surface area contributed by atoms with Crippen molar-refractivity contribution in [2.45, 2.75) is 50.7 Å². The van der Waals surface area contributed by atoms with Crippen molar-refractivity contribution in [1.82, 2.24) is 5.32 Å². The van der Waals surface area contributed by atoms with E-state index in [2.05, 4.69) is 5.32 Å². The Kier molecular flexibility index (Phi) is 6.24. The first-order valence-electron chi connectivity index (χ1n) is 8.07. The highest BCUT2D eigenvalue weighted by Gasteiger charge is 2.44. The largest absolute Gasteiger partial charge is 0.467 e. The third-order valence-corrected chi connectivity index (χ3v) is 4.99. The molecule has 0 aliphatic heterocycles. The molecule has 1 aromatic carbocycles. The highest BCUT2D eigenvalue weighted by atomic mass is 35.5. The average molecular weight is 354 g/mol. The van der Waals surface area contributed by atoms with Crippen molar-refractivity contribution < 1.29 is 19.1 Å². The topological polar surface area (TPSA) is 64.6 Å². The van der Waals surface area contributed by atoms with E-state index in [1.165, 1.54) is 7.11 Å². The molecule has 1 aromatic rings. The van der Waals surface area contributed by atoms with Crippen LogP contribution in [0.3, 0.4) is 0 Å². The van der Waals surface area contributed by atoms with Crippen molar-refractivity contribution >= 4 is 23.5 Å². The molecule has 0 atom stereocenters. The normalized spacial score (nSPS) is 23.6. The zero-order valence-corrected chi connectivity index (χ0v) is 15.1. The number of amides is 1. The molecule has 1 saturated carbocycles. The minimum atomic E-state index is -0.974. The number of aryl methyl sites for hydroxylation is 1. The molecule has 1 amide bonds. The van der Waals surface area contributed by atoms with E-state index in [1.54, 1.807) is 7.11 Å². The summed E-state index contributed by atoms with van der Waals surface area (Å²) in [4.78, 5) is 24.8. The number of hydrogen-bond donors (Lipinski definition) is 1. The summed E-state index contributed by atoms with van der Waals surface area (Å²) in [6.45, 7) is 1.94. The molecule has 1 aliphatic carbocycles. The fraction of sp³-hybridized carbons (Fsp3) is 0.556. The molecule has 132 valence electrons. The molecule has 0 bridgehead atoms. The fourth-order valence-electron chi connectivity index (χ4n) is 3.18. The van der Waals surface area contributed by atoms with Gasteiger partial charge in [-0.05, 0) is 49.8 Å². The summed E-state index contributed by atoms with van der Waals surface area (Å²) >= 11 is 6.19. The Morgan fingerprint density at radius 3 is 2.50 bits per heavy atom. The van der Waals surface area contributed by atoms with Gasteiger partial charge in [-0.1, -0.05) is 23.7 Å². The molecule has 0 saturated heterocycles. The van der Waals surface area contributed by atoms with Crippen LogP contribution >= 0.6 is 11.6 Å². The summed E-state index contributed by atoms with van der Waals surface area (Å²) in [5.41, 5.74) is 0.802. The third kappa shape index (κ3) is 4.28. The van der Waals surface area contributed by atoms with Crippen LogP contribution < -0.4 is 5.32 Å². The number of benzene rings is 1. The van der Waals surface area contributed by atoms with Crippen LogP contribution in [-0.2, 0) is 25.5 Å². The van der Waals surface area contributed by atoms with E-state index in [-0.39, 0.29) is 18.4 Å². The van der Waals surface area contributed by atoms with Gasteiger partial charge in [0.2, 0.25) is 5.91 Å². The summed E-state index contributed by atoms with van der Waals surface area (Å²) in [5.74, 6) is -0.637. The Balaban J connectivity index is 2.09. The molecule has 0 unspecified atom stereocenters. The second-order valence-corrected chi connectivity index (χ2v) is 6.74. The van der Waals surface area contributed by atoms with Crippen molar-refractivity contribution in [1.29, 1.82) is 0 Å². The van der Waals surface area contributed by atoms with Crippen LogP contribution in [0.4, 0.5) is 0 Å². The zero-order chi connectivity index (χ0) is 17.7. The number of nitrogens with one attached hydrogen (secondary N) is 1. The van der Waals surface area contributed by atoms with E-state index in [1.807, 2.05) is 25.1 Å². The lowest BCUT2D eigenvalue weighted by Gasteiger charge is -2.37. The first kappa shape index (κ1) is 18.7. The summed E-state index contributed by atoms with van der Waals surface area (Å²) in [5, 5.41) is 3.45. The number of carbonyl (C=O) groups is 2. The average Bonchev–Trinajstić information content (AvgIpc) is 2.57. The predicted octanol–water partition coefficient (Wildman–Crippen LogP) is 2.81. The monoisotopic (exact) mass is 353 g/mol. The first-order valence-corrected chi connectivity index (χ1v) is 8.45. The summed E-state index contributed by atoms with van der Waals surface area (Å²) in [6, 6.07) is 5.57. The molecule has 5 nitrogen and oxygen atoms in total. The highest BCUT2D eigenvalue weighted by molar-refractivity contribution is 6.31. The molecule has 1 N–H and O–H groups in total. The maximum atomic E-state index is 12.5. The van der Waals surface area contributed by atoms with Crippen LogP contribution in [0.5, 0.6) is 0 Å². The Morgan fingerprint density at radius 2 is 1.96 bits per heavy atom. The van der Waals surface area contributed by atoms with E-state index in [0.29, 0.717) is 30.7 Å². The van der Waals surface area contributed by atoms with E-state index in [4.69, 9.17) is 21.1 Å². The maximum Gasteiger partial charge on any atom is 0.331 e. The van der Waals surface area contributed by atoms with Gasteiger partial charge in [-0.15, -0.1) is 0 Å². The van der Waals surface area contributed by atoms with E-state index in [0.717, 1.165) is 11.1 Å². The molecule has 0 spiro atoms. The van der Waals surface area contributed by atoms with E-state index in [9.17, 15) is 9.59 Å². The van der Waals surface area contributed by atoms with Crippen molar-refractivity contribution in [3.63, 3.8) is 0 Å². The highest BCUT2D eigenvalue weighted by Crippen LogP contribution is 2.31. The van der Waals surface area contributed by atoms with Gasteiger partial charge in [0.25, 0.3) is 0 Å². The Labute approximate surface area is 147 Å². The van der Waals surface area contributed by atoms with Gasteiger partial charge in [-0.25, -0.2) is 4.79 Å². The predicted molar refractivity (Wildman–Crippen MR) is 92.0 cm³/mol. The molecule has 0 heterocycles. The van der Waals surface area contributed by atoms with Crippen LogP contribution in [0.2, 0.25) is 5.02 Å². The maximum absolute atomic E-state index is 12.5. The summed E-state index contributed by atoms with van der Waals surface area (Å²) < 4.78 is 10.3. The summed E-state index contributed by atoms with van der Waals surface area (Å²) in [7, 11) is 3.00. The molecule has 2 rings (SSSR count). The number of esters is 1. The van der Waals surface area contributed by atoms with Crippen LogP contribution in [-0.4, -0.2) is 37.7 Å².